The van der Waals surface area contributed by atoms with Crippen LogP contribution in [0.2, 0.25) is 0 Å². The van der Waals surface area contributed by atoms with E-state index in [1.165, 1.54) is 24.3 Å². The SMILES string of the molecule is COc1c(O)c(O)cc2c1C(CCc1ccccc1)CC(Cc1ccccc1)C2CC(O)CC(=O)CCc1ccc(O)c(OCN)c1. The van der Waals surface area contributed by atoms with Crippen LogP contribution in [0.3, 0.4) is 0 Å². The Hall–Kier alpha value is -4.53. The summed E-state index contributed by atoms with van der Waals surface area (Å²) >= 11 is 0. The highest BCUT2D eigenvalue weighted by Crippen LogP contribution is 2.55. The van der Waals surface area contributed by atoms with Gasteiger partial charge in [-0.05, 0) is 96.7 Å². The number of fused-ring (bicyclic) bond motifs is 1. The van der Waals surface area contributed by atoms with Gasteiger partial charge in [0.05, 0.1) is 13.2 Å². The van der Waals surface area contributed by atoms with E-state index in [9.17, 15) is 25.2 Å². The van der Waals surface area contributed by atoms with Crippen molar-refractivity contribution in [2.24, 2.45) is 11.7 Å². The minimum Gasteiger partial charge on any atom is -0.504 e. The zero-order valence-electron chi connectivity index (χ0n) is 26.8. The van der Waals surface area contributed by atoms with Gasteiger partial charge in [0.25, 0.3) is 0 Å². The van der Waals surface area contributed by atoms with E-state index in [0.717, 1.165) is 42.4 Å². The number of aryl methyl sites for hydroxylation is 2. The largest absolute Gasteiger partial charge is 0.504 e. The van der Waals surface area contributed by atoms with E-state index in [4.69, 9.17) is 15.2 Å². The highest BCUT2D eigenvalue weighted by molar-refractivity contribution is 5.79. The maximum atomic E-state index is 13.1. The summed E-state index contributed by atoms with van der Waals surface area (Å²) < 4.78 is 11.0. The van der Waals surface area contributed by atoms with Gasteiger partial charge in [0.15, 0.2) is 23.0 Å². The summed E-state index contributed by atoms with van der Waals surface area (Å²) in [5.41, 5.74) is 10.4. The van der Waals surface area contributed by atoms with Crippen LogP contribution in [0.4, 0.5) is 0 Å². The number of aliphatic hydroxyl groups excluding tert-OH is 1. The van der Waals surface area contributed by atoms with E-state index in [1.54, 1.807) is 18.2 Å². The summed E-state index contributed by atoms with van der Waals surface area (Å²) in [6.45, 7) is -0.0747. The fraction of sp³-hybridized carbons (Fsp3) is 0.359. The third-order valence-electron chi connectivity index (χ3n) is 9.38. The van der Waals surface area contributed by atoms with Crippen molar-refractivity contribution in [1.29, 1.82) is 0 Å². The molecule has 0 bridgehead atoms. The molecule has 0 aromatic heterocycles. The fourth-order valence-electron chi connectivity index (χ4n) is 7.16. The van der Waals surface area contributed by atoms with Crippen LogP contribution in [-0.2, 0) is 24.1 Å². The van der Waals surface area contributed by atoms with E-state index >= 15 is 0 Å². The molecule has 1 aliphatic rings. The molecule has 0 radical (unpaired) electrons. The van der Waals surface area contributed by atoms with Crippen LogP contribution < -0.4 is 15.2 Å². The fourth-order valence-corrected chi connectivity index (χ4v) is 7.16. The molecule has 8 heteroatoms. The van der Waals surface area contributed by atoms with E-state index in [1.807, 2.05) is 36.4 Å². The van der Waals surface area contributed by atoms with Gasteiger partial charge in [-0.3, -0.25) is 10.5 Å². The first-order chi connectivity index (χ1) is 22.8. The molecule has 8 nitrogen and oxygen atoms in total. The van der Waals surface area contributed by atoms with Crippen molar-refractivity contribution in [1.82, 2.24) is 0 Å². The standard InChI is InChI=1S/C39H45NO7/c1-46-39-37-28(15-12-25-8-4-2-5-9-25)20-29(18-26-10-6-3-7-11-26)32(33(37)23-35(44)38(39)45)22-31(42)21-30(41)16-13-27-14-17-34(43)36(19-27)47-24-40/h2-11,14,17,19,23,28-29,31-32,42-45H,12-13,15-16,18,20-22,24,40H2,1H3. The number of carbonyl (C=O) groups excluding carboxylic acids is 1. The molecule has 6 N–H and O–H groups in total. The predicted octanol–water partition coefficient (Wildman–Crippen LogP) is 6.51. The summed E-state index contributed by atoms with van der Waals surface area (Å²) in [6, 6.07) is 27.1. The Morgan fingerprint density at radius 1 is 0.894 bits per heavy atom. The van der Waals surface area contributed by atoms with Crippen molar-refractivity contribution >= 4 is 5.78 Å². The molecule has 0 aliphatic heterocycles. The second-order valence-corrected chi connectivity index (χ2v) is 12.5. The highest BCUT2D eigenvalue weighted by atomic mass is 16.5. The molecule has 4 aromatic carbocycles. The summed E-state index contributed by atoms with van der Waals surface area (Å²) in [7, 11) is 1.50. The van der Waals surface area contributed by atoms with Gasteiger partial charge in [-0.15, -0.1) is 0 Å². The van der Waals surface area contributed by atoms with Crippen LogP contribution in [0.5, 0.6) is 28.7 Å². The smallest absolute Gasteiger partial charge is 0.200 e. The summed E-state index contributed by atoms with van der Waals surface area (Å²) in [5.74, 6) is -0.105. The highest BCUT2D eigenvalue weighted by Gasteiger charge is 2.39. The van der Waals surface area contributed by atoms with Gasteiger partial charge in [-0.1, -0.05) is 66.7 Å². The van der Waals surface area contributed by atoms with Crippen molar-refractivity contribution in [2.75, 3.05) is 13.8 Å². The Morgan fingerprint density at radius 2 is 1.60 bits per heavy atom. The van der Waals surface area contributed by atoms with Gasteiger partial charge in [0, 0.05) is 18.4 Å². The molecule has 0 saturated heterocycles. The van der Waals surface area contributed by atoms with E-state index in [0.29, 0.717) is 12.8 Å². The van der Waals surface area contributed by atoms with E-state index in [2.05, 4.69) is 24.3 Å². The lowest BCUT2D eigenvalue weighted by Crippen LogP contribution is -2.30. The number of phenols is 3. The third kappa shape index (κ3) is 8.44. The minimum atomic E-state index is -0.905. The van der Waals surface area contributed by atoms with Gasteiger partial charge >= 0.3 is 0 Å². The molecular weight excluding hydrogens is 594 g/mol. The number of methoxy groups -OCH3 is 1. The Balaban J connectivity index is 1.39. The molecule has 0 amide bonds. The van der Waals surface area contributed by atoms with Crippen LogP contribution in [0, 0.1) is 5.92 Å². The van der Waals surface area contributed by atoms with E-state index in [-0.39, 0.29) is 71.9 Å². The van der Waals surface area contributed by atoms with Crippen LogP contribution in [0.1, 0.15) is 71.8 Å². The van der Waals surface area contributed by atoms with Crippen LogP contribution in [-0.4, -0.2) is 46.2 Å². The lowest BCUT2D eigenvalue weighted by Gasteiger charge is -2.40. The second kappa shape index (κ2) is 15.8. The number of rotatable bonds is 15. The number of phenolic OH excluding ortho intramolecular Hbond substituents is 3. The molecule has 0 saturated carbocycles. The number of Topliss-reactive ketones (excluding diaryl/α,β-unsaturated/α-hetero) is 1. The molecule has 4 atom stereocenters. The number of ketones is 1. The summed E-state index contributed by atoms with van der Waals surface area (Å²) in [4.78, 5) is 13.1. The average molecular weight is 640 g/mol. The molecule has 4 aromatic rings. The van der Waals surface area contributed by atoms with Gasteiger partial charge in [-0.2, -0.15) is 0 Å². The zero-order valence-corrected chi connectivity index (χ0v) is 26.8. The van der Waals surface area contributed by atoms with Crippen molar-refractivity contribution in [3.05, 3.63) is 113 Å². The molecule has 0 spiro atoms. The van der Waals surface area contributed by atoms with Crippen molar-refractivity contribution in [3.63, 3.8) is 0 Å². The first kappa shape index (κ1) is 33.8. The maximum Gasteiger partial charge on any atom is 0.200 e. The number of aromatic hydroxyl groups is 3. The zero-order chi connectivity index (χ0) is 33.3. The van der Waals surface area contributed by atoms with Gasteiger partial charge in [-0.25, -0.2) is 0 Å². The molecular formula is C39H45NO7. The monoisotopic (exact) mass is 639 g/mol. The summed E-state index contributed by atoms with van der Waals surface area (Å²) in [5, 5.41) is 43.0. The van der Waals surface area contributed by atoms with Gasteiger partial charge in [0.1, 0.15) is 12.5 Å². The molecule has 0 heterocycles. The Bertz CT molecular complexity index is 1630. The number of carbonyl (C=O) groups is 1. The number of hydrogen-bond donors (Lipinski definition) is 5. The number of hydrogen-bond acceptors (Lipinski definition) is 8. The number of benzene rings is 4. The molecule has 47 heavy (non-hydrogen) atoms. The predicted molar refractivity (Wildman–Crippen MR) is 181 cm³/mol. The normalized spacial score (nSPS) is 17.9. The average Bonchev–Trinajstić information content (AvgIpc) is 3.07. The Labute approximate surface area is 276 Å². The quantitative estimate of drug-likeness (QED) is 0.0732. The maximum absolute atomic E-state index is 13.1. The van der Waals surface area contributed by atoms with Crippen molar-refractivity contribution < 1.29 is 34.7 Å². The first-order valence-electron chi connectivity index (χ1n) is 16.3. The van der Waals surface area contributed by atoms with Crippen LogP contribution >= 0.6 is 0 Å². The van der Waals surface area contributed by atoms with Crippen LogP contribution in [0.15, 0.2) is 84.9 Å². The van der Waals surface area contributed by atoms with Crippen molar-refractivity contribution in [2.45, 2.75) is 69.3 Å². The Morgan fingerprint density at radius 3 is 2.28 bits per heavy atom. The lowest BCUT2D eigenvalue weighted by atomic mass is 9.65. The number of nitrogens with two attached hydrogens (primary N) is 1. The van der Waals surface area contributed by atoms with Crippen LogP contribution in [0.25, 0.3) is 0 Å². The Kier molecular flexibility index (Phi) is 11.4. The lowest BCUT2D eigenvalue weighted by molar-refractivity contribution is -0.121. The van der Waals surface area contributed by atoms with Crippen molar-refractivity contribution in [3.8, 4) is 28.7 Å². The van der Waals surface area contributed by atoms with Gasteiger partial charge in [0.2, 0.25) is 5.75 Å². The molecule has 1 aliphatic carbocycles. The number of ether oxygens (including phenoxy) is 2. The molecule has 0 fully saturated rings. The minimum absolute atomic E-state index is 0.00718. The second-order valence-electron chi connectivity index (χ2n) is 12.5. The molecule has 248 valence electrons. The number of aliphatic hydroxyl groups is 1. The van der Waals surface area contributed by atoms with E-state index < -0.39 is 6.10 Å². The molecule has 5 rings (SSSR count). The summed E-state index contributed by atoms with van der Waals surface area (Å²) in [6.07, 6.45) is 3.31. The first-order valence-corrected chi connectivity index (χ1v) is 16.3. The van der Waals surface area contributed by atoms with Gasteiger partial charge < -0.3 is 29.9 Å². The topological polar surface area (TPSA) is 142 Å². The molecule has 4 unspecified atom stereocenters. The third-order valence-corrected chi connectivity index (χ3v) is 9.38.